The minimum Gasteiger partial charge on any atom is -0.197 e. The second kappa shape index (κ2) is 6.02. The van der Waals surface area contributed by atoms with Gasteiger partial charge in [-0.3, -0.25) is 0 Å². The van der Waals surface area contributed by atoms with Gasteiger partial charge in [0.05, 0.1) is 11.5 Å². The van der Waals surface area contributed by atoms with Crippen molar-refractivity contribution in [2.45, 2.75) is 18.3 Å². The Morgan fingerprint density at radius 2 is 1.58 bits per heavy atom. The molecule has 2 rings (SSSR count). The fraction of sp³-hybridized carbons (Fsp3) is 0.167. The second-order valence-corrected chi connectivity index (χ2v) is 4.72. The van der Waals surface area contributed by atoms with Gasteiger partial charge in [-0.25, -0.2) is 0 Å². The van der Waals surface area contributed by atoms with E-state index >= 15 is 0 Å². The number of hydrogen-bond donors (Lipinski definition) is 0. The minimum atomic E-state index is -0.523. The third-order valence-corrected chi connectivity index (χ3v) is 3.38. The van der Waals surface area contributed by atoms with E-state index in [4.69, 9.17) is 0 Å². The normalized spacial score (nSPS) is 13.2. The van der Waals surface area contributed by atoms with E-state index in [9.17, 15) is 5.26 Å². The maximum absolute atomic E-state index is 9.72. The Kier molecular flexibility index (Phi) is 4.15. The van der Waals surface area contributed by atoms with E-state index in [1.165, 1.54) is 5.56 Å². The molecule has 94 valence electrons. The number of rotatable bonds is 5. The van der Waals surface area contributed by atoms with Crippen LogP contribution in [0.5, 0.6) is 0 Å². The van der Waals surface area contributed by atoms with Gasteiger partial charge in [0.1, 0.15) is 0 Å². The predicted molar refractivity (Wildman–Crippen MR) is 78.7 cm³/mol. The Labute approximate surface area is 114 Å². The lowest BCUT2D eigenvalue weighted by Crippen LogP contribution is -2.26. The van der Waals surface area contributed by atoms with Crippen LogP contribution in [0.2, 0.25) is 0 Å². The highest BCUT2D eigenvalue weighted by atomic mass is 14.4. The van der Waals surface area contributed by atoms with Crippen LogP contribution in [0.4, 0.5) is 0 Å². The van der Waals surface area contributed by atoms with Crippen LogP contribution in [0, 0.1) is 11.3 Å². The molecule has 0 amide bonds. The van der Waals surface area contributed by atoms with Gasteiger partial charge in [0.2, 0.25) is 0 Å². The quantitative estimate of drug-likeness (QED) is 0.724. The number of allylic oxidation sites excluding steroid dienone is 1. The summed E-state index contributed by atoms with van der Waals surface area (Å²) in [5, 5.41) is 9.72. The van der Waals surface area contributed by atoms with Crippen LogP contribution in [0.25, 0.3) is 0 Å². The lowest BCUT2D eigenvalue weighted by atomic mass is 9.74. The molecule has 0 spiro atoms. The van der Waals surface area contributed by atoms with Crippen LogP contribution in [-0.2, 0) is 11.8 Å². The van der Waals surface area contributed by atoms with E-state index in [-0.39, 0.29) is 0 Å². The second-order valence-electron chi connectivity index (χ2n) is 4.72. The third-order valence-electron chi connectivity index (χ3n) is 3.38. The molecule has 0 bridgehead atoms. The Morgan fingerprint density at radius 1 is 1.00 bits per heavy atom. The summed E-state index contributed by atoms with van der Waals surface area (Å²) in [6.45, 7) is 3.81. The first-order valence-electron chi connectivity index (χ1n) is 6.42. The highest BCUT2D eigenvalue weighted by Crippen LogP contribution is 2.31. The molecule has 0 radical (unpaired) electrons. The molecule has 0 aliphatic carbocycles. The minimum absolute atomic E-state index is 0.523. The summed E-state index contributed by atoms with van der Waals surface area (Å²) in [5.41, 5.74) is 1.71. The summed E-state index contributed by atoms with van der Waals surface area (Å²) in [5.74, 6) is 0. The molecule has 1 atom stereocenters. The monoisotopic (exact) mass is 247 g/mol. The first-order valence-corrected chi connectivity index (χ1v) is 6.42. The zero-order valence-corrected chi connectivity index (χ0v) is 10.9. The van der Waals surface area contributed by atoms with Gasteiger partial charge in [-0.05, 0) is 24.0 Å². The fourth-order valence-corrected chi connectivity index (χ4v) is 2.39. The molecule has 0 aliphatic rings. The zero-order chi connectivity index (χ0) is 13.6. The van der Waals surface area contributed by atoms with Crippen molar-refractivity contribution in [3.63, 3.8) is 0 Å². The molecule has 0 unspecified atom stereocenters. The van der Waals surface area contributed by atoms with Gasteiger partial charge in [-0.2, -0.15) is 5.26 Å². The van der Waals surface area contributed by atoms with Crippen LogP contribution in [0.1, 0.15) is 17.5 Å². The van der Waals surface area contributed by atoms with Crippen molar-refractivity contribution in [2.24, 2.45) is 0 Å². The number of hydrogen-bond acceptors (Lipinski definition) is 1. The van der Waals surface area contributed by atoms with E-state index in [2.05, 4.69) is 24.8 Å². The Bertz CT molecular complexity index is 566. The van der Waals surface area contributed by atoms with Crippen molar-refractivity contribution >= 4 is 0 Å². The largest absolute Gasteiger partial charge is 0.197 e. The van der Waals surface area contributed by atoms with E-state index in [0.29, 0.717) is 12.8 Å². The SMILES string of the molecule is C=CC[C@](C#N)(Cc1ccccc1)c1ccccc1. The van der Waals surface area contributed by atoms with Crippen LogP contribution in [-0.4, -0.2) is 0 Å². The molecule has 0 heterocycles. The fourth-order valence-electron chi connectivity index (χ4n) is 2.39. The van der Waals surface area contributed by atoms with Crippen molar-refractivity contribution in [1.29, 1.82) is 5.26 Å². The van der Waals surface area contributed by atoms with E-state index < -0.39 is 5.41 Å². The van der Waals surface area contributed by atoms with Crippen LogP contribution >= 0.6 is 0 Å². The van der Waals surface area contributed by atoms with Gasteiger partial charge in [-0.15, -0.1) is 6.58 Å². The molecule has 0 N–H and O–H groups in total. The van der Waals surface area contributed by atoms with Crippen molar-refractivity contribution in [3.05, 3.63) is 84.4 Å². The van der Waals surface area contributed by atoms with Crippen molar-refractivity contribution in [2.75, 3.05) is 0 Å². The van der Waals surface area contributed by atoms with Gasteiger partial charge < -0.3 is 0 Å². The van der Waals surface area contributed by atoms with Gasteiger partial charge in [0.25, 0.3) is 0 Å². The summed E-state index contributed by atoms with van der Waals surface area (Å²) >= 11 is 0. The lowest BCUT2D eigenvalue weighted by Gasteiger charge is -2.26. The molecular weight excluding hydrogens is 230 g/mol. The van der Waals surface area contributed by atoms with E-state index in [1.807, 2.05) is 54.6 Å². The summed E-state index contributed by atoms with van der Waals surface area (Å²) < 4.78 is 0. The number of nitriles is 1. The highest BCUT2D eigenvalue weighted by Gasteiger charge is 2.31. The van der Waals surface area contributed by atoms with Crippen molar-refractivity contribution in [3.8, 4) is 6.07 Å². The predicted octanol–water partition coefficient (Wildman–Crippen LogP) is 4.27. The molecule has 1 heteroatoms. The van der Waals surface area contributed by atoms with Gasteiger partial charge in [0, 0.05) is 0 Å². The summed E-state index contributed by atoms with van der Waals surface area (Å²) in [6, 6.07) is 22.6. The Balaban J connectivity index is 2.41. The molecule has 0 fully saturated rings. The number of nitrogens with zero attached hydrogens (tertiary/aromatic N) is 1. The molecule has 1 nitrogen and oxygen atoms in total. The smallest absolute Gasteiger partial charge is 0.0896 e. The summed E-state index contributed by atoms with van der Waals surface area (Å²) in [7, 11) is 0. The first kappa shape index (κ1) is 13.1. The van der Waals surface area contributed by atoms with Crippen LogP contribution in [0.3, 0.4) is 0 Å². The average Bonchev–Trinajstić information content (AvgIpc) is 2.49. The molecule has 0 aromatic heterocycles. The van der Waals surface area contributed by atoms with Crippen LogP contribution in [0.15, 0.2) is 73.3 Å². The van der Waals surface area contributed by atoms with Gasteiger partial charge in [0.15, 0.2) is 0 Å². The lowest BCUT2D eigenvalue weighted by molar-refractivity contribution is 0.553. The molecule has 2 aromatic carbocycles. The maximum Gasteiger partial charge on any atom is 0.0896 e. The molecule has 0 aliphatic heterocycles. The Morgan fingerprint density at radius 3 is 2.11 bits per heavy atom. The highest BCUT2D eigenvalue weighted by molar-refractivity contribution is 5.36. The van der Waals surface area contributed by atoms with Gasteiger partial charge in [-0.1, -0.05) is 66.7 Å². The van der Waals surface area contributed by atoms with E-state index in [1.54, 1.807) is 0 Å². The molecule has 19 heavy (non-hydrogen) atoms. The van der Waals surface area contributed by atoms with Crippen LogP contribution < -0.4 is 0 Å². The van der Waals surface area contributed by atoms with Crippen molar-refractivity contribution in [1.82, 2.24) is 0 Å². The molecular formula is C18H17N. The molecule has 0 saturated carbocycles. The van der Waals surface area contributed by atoms with Gasteiger partial charge >= 0.3 is 0 Å². The molecule has 2 aromatic rings. The van der Waals surface area contributed by atoms with E-state index in [0.717, 1.165) is 5.56 Å². The average molecular weight is 247 g/mol. The zero-order valence-electron chi connectivity index (χ0n) is 10.9. The topological polar surface area (TPSA) is 23.8 Å². The third kappa shape index (κ3) is 2.92. The molecule has 0 saturated heterocycles. The summed E-state index contributed by atoms with van der Waals surface area (Å²) in [4.78, 5) is 0. The van der Waals surface area contributed by atoms with Crippen molar-refractivity contribution < 1.29 is 0 Å². The first-order chi connectivity index (χ1) is 9.30. The summed E-state index contributed by atoms with van der Waals surface area (Å²) in [6.07, 6.45) is 3.20. The standard InChI is InChI=1S/C18H17N/c1-2-13-18(15-19,17-11-7-4-8-12-17)14-16-9-5-3-6-10-16/h2-12H,1,13-14H2/t18-/m1/s1. The maximum atomic E-state index is 9.72. The Hall–Kier alpha value is -2.33. The number of benzene rings is 2.